The number of rotatable bonds is 7. The molecule has 1 atom stereocenters. The Labute approximate surface area is 99.0 Å². The molecule has 1 N–H and O–H groups in total. The highest BCUT2D eigenvalue weighted by atomic mass is 16.5. The van der Waals surface area contributed by atoms with Crippen molar-refractivity contribution in [1.29, 1.82) is 0 Å². The van der Waals surface area contributed by atoms with Gasteiger partial charge in [0, 0.05) is 19.3 Å². The van der Waals surface area contributed by atoms with Gasteiger partial charge in [0.15, 0.2) is 0 Å². The molecule has 16 heavy (non-hydrogen) atoms. The summed E-state index contributed by atoms with van der Waals surface area (Å²) >= 11 is 0. The lowest BCUT2D eigenvalue weighted by molar-refractivity contribution is 0.125. The minimum Gasteiger partial charge on any atom is -0.381 e. The summed E-state index contributed by atoms with van der Waals surface area (Å²) in [6.07, 6.45) is 2.12. The van der Waals surface area contributed by atoms with Crippen LogP contribution in [0.15, 0.2) is 24.3 Å². The van der Waals surface area contributed by atoms with Crippen molar-refractivity contribution in [3.63, 3.8) is 0 Å². The lowest BCUT2D eigenvalue weighted by Gasteiger charge is -2.18. The van der Waals surface area contributed by atoms with Crippen molar-refractivity contribution < 1.29 is 4.74 Å². The Morgan fingerprint density at radius 3 is 2.62 bits per heavy atom. The first-order chi connectivity index (χ1) is 7.79. The third-order valence-corrected chi connectivity index (χ3v) is 2.81. The molecule has 0 amide bonds. The molecule has 1 rings (SSSR count). The average Bonchev–Trinajstić information content (AvgIpc) is 2.31. The van der Waals surface area contributed by atoms with Crippen LogP contribution in [0.2, 0.25) is 0 Å². The maximum absolute atomic E-state index is 5.54. The molecule has 0 aliphatic carbocycles. The quantitative estimate of drug-likeness (QED) is 0.714. The maximum Gasteiger partial charge on any atom is 0.0484 e. The molecular formula is C14H23NO. The summed E-state index contributed by atoms with van der Waals surface area (Å²) in [7, 11) is 2.01. The van der Waals surface area contributed by atoms with Gasteiger partial charge in [-0.05, 0) is 37.9 Å². The van der Waals surface area contributed by atoms with E-state index in [2.05, 4.69) is 43.4 Å². The van der Waals surface area contributed by atoms with Crippen LogP contribution in [0, 0.1) is 6.92 Å². The SMILES string of the molecule is CCCOCCC(NC)c1ccccc1C. The van der Waals surface area contributed by atoms with Gasteiger partial charge in [0.25, 0.3) is 0 Å². The topological polar surface area (TPSA) is 21.3 Å². The van der Waals surface area contributed by atoms with Crippen molar-refractivity contribution >= 4 is 0 Å². The molecule has 0 spiro atoms. The predicted octanol–water partition coefficient (Wildman–Crippen LogP) is 3.07. The zero-order chi connectivity index (χ0) is 11.8. The van der Waals surface area contributed by atoms with Crippen LogP contribution in [0.3, 0.4) is 0 Å². The van der Waals surface area contributed by atoms with Gasteiger partial charge >= 0.3 is 0 Å². The molecule has 0 radical (unpaired) electrons. The molecule has 1 aromatic carbocycles. The smallest absolute Gasteiger partial charge is 0.0484 e. The van der Waals surface area contributed by atoms with Crippen LogP contribution >= 0.6 is 0 Å². The van der Waals surface area contributed by atoms with E-state index in [9.17, 15) is 0 Å². The summed E-state index contributed by atoms with van der Waals surface area (Å²) in [5.41, 5.74) is 2.72. The van der Waals surface area contributed by atoms with Crippen LogP contribution < -0.4 is 5.32 Å². The second kappa shape index (κ2) is 7.42. The molecule has 0 heterocycles. The van der Waals surface area contributed by atoms with Crippen LogP contribution in [-0.4, -0.2) is 20.3 Å². The van der Waals surface area contributed by atoms with Crippen molar-refractivity contribution in [3.05, 3.63) is 35.4 Å². The van der Waals surface area contributed by atoms with Crippen molar-refractivity contribution in [3.8, 4) is 0 Å². The third-order valence-electron chi connectivity index (χ3n) is 2.81. The van der Waals surface area contributed by atoms with Gasteiger partial charge in [-0.25, -0.2) is 0 Å². The maximum atomic E-state index is 5.54. The van der Waals surface area contributed by atoms with E-state index < -0.39 is 0 Å². The number of nitrogens with one attached hydrogen (secondary N) is 1. The molecule has 0 aromatic heterocycles. The van der Waals surface area contributed by atoms with E-state index in [4.69, 9.17) is 4.74 Å². The molecule has 0 saturated heterocycles. The molecule has 0 saturated carbocycles. The Morgan fingerprint density at radius 1 is 1.25 bits per heavy atom. The van der Waals surface area contributed by atoms with E-state index in [1.54, 1.807) is 0 Å². The Morgan fingerprint density at radius 2 is 2.00 bits per heavy atom. The largest absolute Gasteiger partial charge is 0.381 e. The minimum atomic E-state index is 0.401. The van der Waals surface area contributed by atoms with Crippen LogP contribution in [0.5, 0.6) is 0 Å². The summed E-state index contributed by atoms with van der Waals surface area (Å²) < 4.78 is 5.54. The second-order valence-corrected chi connectivity index (χ2v) is 4.10. The molecule has 2 heteroatoms. The second-order valence-electron chi connectivity index (χ2n) is 4.10. The lowest BCUT2D eigenvalue weighted by Crippen LogP contribution is -2.19. The fourth-order valence-corrected chi connectivity index (χ4v) is 1.88. The zero-order valence-corrected chi connectivity index (χ0v) is 10.6. The van der Waals surface area contributed by atoms with E-state index >= 15 is 0 Å². The highest BCUT2D eigenvalue weighted by Gasteiger charge is 2.10. The molecule has 0 bridgehead atoms. The molecule has 0 fully saturated rings. The van der Waals surface area contributed by atoms with Crippen molar-refractivity contribution in [2.24, 2.45) is 0 Å². The van der Waals surface area contributed by atoms with Crippen molar-refractivity contribution in [1.82, 2.24) is 5.32 Å². The predicted molar refractivity (Wildman–Crippen MR) is 68.7 cm³/mol. The van der Waals surface area contributed by atoms with Crippen LogP contribution in [0.4, 0.5) is 0 Å². The molecule has 1 unspecified atom stereocenters. The van der Waals surface area contributed by atoms with Gasteiger partial charge in [0.05, 0.1) is 0 Å². The number of aryl methyl sites for hydroxylation is 1. The number of hydrogen-bond acceptors (Lipinski definition) is 2. The van der Waals surface area contributed by atoms with Crippen LogP contribution in [0.25, 0.3) is 0 Å². The van der Waals surface area contributed by atoms with E-state index in [0.29, 0.717) is 6.04 Å². The van der Waals surface area contributed by atoms with Gasteiger partial charge in [-0.1, -0.05) is 31.2 Å². The summed E-state index contributed by atoms with van der Waals surface area (Å²) in [5, 5.41) is 3.36. The monoisotopic (exact) mass is 221 g/mol. The summed E-state index contributed by atoms with van der Waals surface area (Å²) in [6.45, 7) is 5.99. The zero-order valence-electron chi connectivity index (χ0n) is 10.6. The van der Waals surface area contributed by atoms with Gasteiger partial charge in [0.2, 0.25) is 0 Å². The van der Waals surface area contributed by atoms with Gasteiger partial charge < -0.3 is 10.1 Å². The molecule has 0 aliphatic heterocycles. The van der Waals surface area contributed by atoms with Crippen molar-refractivity contribution in [2.45, 2.75) is 32.7 Å². The fourth-order valence-electron chi connectivity index (χ4n) is 1.88. The molecule has 1 aromatic rings. The van der Waals surface area contributed by atoms with Crippen LogP contribution in [-0.2, 0) is 4.74 Å². The highest BCUT2D eigenvalue weighted by Crippen LogP contribution is 2.19. The van der Waals surface area contributed by atoms with Crippen molar-refractivity contribution in [2.75, 3.05) is 20.3 Å². The highest BCUT2D eigenvalue weighted by molar-refractivity contribution is 5.28. The fraction of sp³-hybridized carbons (Fsp3) is 0.571. The Hall–Kier alpha value is -0.860. The van der Waals surface area contributed by atoms with Gasteiger partial charge in [-0.2, -0.15) is 0 Å². The Kier molecular flexibility index (Phi) is 6.12. The van der Waals surface area contributed by atoms with Gasteiger partial charge in [-0.15, -0.1) is 0 Å². The number of ether oxygens (including phenoxy) is 1. The molecule has 90 valence electrons. The minimum absolute atomic E-state index is 0.401. The van der Waals surface area contributed by atoms with Crippen LogP contribution in [0.1, 0.15) is 36.9 Å². The Bertz CT molecular complexity index is 299. The Balaban J connectivity index is 2.51. The normalized spacial score (nSPS) is 12.7. The first-order valence-corrected chi connectivity index (χ1v) is 6.10. The molecule has 2 nitrogen and oxygen atoms in total. The number of hydrogen-bond donors (Lipinski definition) is 1. The third kappa shape index (κ3) is 3.95. The summed E-state index contributed by atoms with van der Waals surface area (Å²) in [5.74, 6) is 0. The summed E-state index contributed by atoms with van der Waals surface area (Å²) in [4.78, 5) is 0. The lowest BCUT2D eigenvalue weighted by atomic mass is 9.99. The summed E-state index contributed by atoms with van der Waals surface area (Å²) in [6, 6.07) is 8.93. The number of benzene rings is 1. The molecule has 0 aliphatic rings. The van der Waals surface area contributed by atoms with Gasteiger partial charge in [-0.3, -0.25) is 0 Å². The van der Waals surface area contributed by atoms with E-state index in [1.807, 2.05) is 7.05 Å². The first-order valence-electron chi connectivity index (χ1n) is 6.10. The first kappa shape index (κ1) is 13.2. The standard InChI is InChI=1S/C14H23NO/c1-4-10-16-11-9-14(15-3)13-8-6-5-7-12(13)2/h5-8,14-15H,4,9-11H2,1-3H3. The van der Waals surface area contributed by atoms with E-state index in [-0.39, 0.29) is 0 Å². The van der Waals surface area contributed by atoms with E-state index in [0.717, 1.165) is 26.1 Å². The molecular weight excluding hydrogens is 198 g/mol. The van der Waals surface area contributed by atoms with E-state index in [1.165, 1.54) is 11.1 Å². The average molecular weight is 221 g/mol. The van der Waals surface area contributed by atoms with Gasteiger partial charge in [0.1, 0.15) is 0 Å².